The van der Waals surface area contributed by atoms with Crippen LogP contribution in [0.5, 0.6) is 11.5 Å². The summed E-state index contributed by atoms with van der Waals surface area (Å²) in [7, 11) is 1.58. The van der Waals surface area contributed by atoms with Crippen molar-refractivity contribution in [1.82, 2.24) is 10.2 Å². The lowest BCUT2D eigenvalue weighted by atomic mass is 10.1. The van der Waals surface area contributed by atoms with E-state index in [1.807, 2.05) is 42.5 Å². The number of amides is 2. The Morgan fingerprint density at radius 2 is 1.93 bits per heavy atom. The third-order valence-electron chi connectivity index (χ3n) is 4.72. The number of halogens is 1. The fraction of sp³-hybridized carbons (Fsp3) is 0.333. The van der Waals surface area contributed by atoms with E-state index in [0.717, 1.165) is 21.3 Å². The van der Waals surface area contributed by atoms with Gasteiger partial charge < -0.3 is 19.7 Å². The average molecular weight is 447 g/mol. The number of ether oxygens (including phenoxy) is 2. The van der Waals surface area contributed by atoms with Crippen LogP contribution in [0, 0.1) is 0 Å². The van der Waals surface area contributed by atoms with E-state index in [1.54, 1.807) is 18.9 Å². The third kappa shape index (κ3) is 4.84. The summed E-state index contributed by atoms with van der Waals surface area (Å²) in [6.45, 7) is 2.34. The van der Waals surface area contributed by atoms with Gasteiger partial charge in [0.25, 0.3) is 0 Å². The molecule has 7 heteroatoms. The van der Waals surface area contributed by atoms with Crippen molar-refractivity contribution in [2.45, 2.75) is 32.4 Å². The van der Waals surface area contributed by atoms with Crippen LogP contribution >= 0.6 is 15.9 Å². The lowest BCUT2D eigenvalue weighted by Gasteiger charge is -2.28. The Hall–Kier alpha value is -2.54. The topological polar surface area (TPSA) is 67.9 Å². The minimum atomic E-state index is -0.562. The van der Waals surface area contributed by atoms with Crippen LogP contribution in [0.4, 0.5) is 0 Å². The van der Waals surface area contributed by atoms with Crippen LogP contribution in [0.2, 0.25) is 0 Å². The van der Waals surface area contributed by atoms with Gasteiger partial charge in [0.1, 0.15) is 6.04 Å². The molecule has 2 aromatic rings. The summed E-state index contributed by atoms with van der Waals surface area (Å²) < 4.78 is 11.6. The Morgan fingerprint density at radius 1 is 1.14 bits per heavy atom. The number of hydrogen-bond acceptors (Lipinski definition) is 4. The Kier molecular flexibility index (Phi) is 6.57. The van der Waals surface area contributed by atoms with Crippen LogP contribution in [-0.4, -0.2) is 36.6 Å². The van der Waals surface area contributed by atoms with Crippen molar-refractivity contribution in [3.05, 3.63) is 58.1 Å². The summed E-state index contributed by atoms with van der Waals surface area (Å²) >= 11 is 3.45. The highest BCUT2D eigenvalue weighted by molar-refractivity contribution is 9.10. The monoisotopic (exact) mass is 446 g/mol. The Morgan fingerprint density at radius 3 is 2.68 bits per heavy atom. The number of rotatable bonds is 7. The first-order valence-corrected chi connectivity index (χ1v) is 9.91. The molecule has 1 aliphatic heterocycles. The zero-order chi connectivity index (χ0) is 20.1. The number of carbonyl (C=O) groups excluding carboxylic acids is 2. The molecule has 0 saturated heterocycles. The molecule has 2 aromatic carbocycles. The van der Waals surface area contributed by atoms with E-state index in [1.165, 1.54) is 0 Å². The van der Waals surface area contributed by atoms with Crippen LogP contribution in [0.1, 0.15) is 24.5 Å². The molecule has 28 heavy (non-hydrogen) atoms. The molecule has 1 N–H and O–H groups in total. The smallest absolute Gasteiger partial charge is 0.242 e. The second-order valence-corrected chi connectivity index (χ2v) is 7.55. The maximum absolute atomic E-state index is 13.0. The van der Waals surface area contributed by atoms with E-state index in [4.69, 9.17) is 9.47 Å². The van der Waals surface area contributed by atoms with Crippen molar-refractivity contribution in [1.29, 1.82) is 0 Å². The molecule has 0 saturated carbocycles. The molecule has 148 valence electrons. The third-order valence-corrected chi connectivity index (χ3v) is 5.21. The normalized spacial score (nSPS) is 13.1. The van der Waals surface area contributed by atoms with Crippen LogP contribution in [0.25, 0.3) is 0 Å². The van der Waals surface area contributed by atoms with Crippen molar-refractivity contribution in [2.24, 2.45) is 0 Å². The molecule has 1 heterocycles. The Balaban J connectivity index is 1.71. The first-order chi connectivity index (χ1) is 13.5. The number of benzene rings is 2. The summed E-state index contributed by atoms with van der Waals surface area (Å²) in [6.07, 6.45) is 0.861. The van der Waals surface area contributed by atoms with Crippen molar-refractivity contribution in [2.75, 3.05) is 13.8 Å². The highest BCUT2D eigenvalue weighted by Crippen LogP contribution is 2.32. The zero-order valence-corrected chi connectivity index (χ0v) is 17.5. The van der Waals surface area contributed by atoms with Gasteiger partial charge in [-0.2, -0.15) is 0 Å². The van der Waals surface area contributed by atoms with Crippen molar-refractivity contribution in [3.63, 3.8) is 0 Å². The first-order valence-electron chi connectivity index (χ1n) is 9.12. The van der Waals surface area contributed by atoms with Gasteiger partial charge >= 0.3 is 0 Å². The summed E-state index contributed by atoms with van der Waals surface area (Å²) in [5.41, 5.74) is 1.95. The second kappa shape index (κ2) is 9.10. The van der Waals surface area contributed by atoms with Gasteiger partial charge in [-0.25, -0.2) is 0 Å². The van der Waals surface area contributed by atoms with Gasteiger partial charge in [-0.05, 0) is 48.7 Å². The fourth-order valence-electron chi connectivity index (χ4n) is 3.11. The Labute approximate surface area is 172 Å². The number of fused-ring (bicyclic) bond motifs is 1. The number of carbonyl (C=O) groups is 2. The summed E-state index contributed by atoms with van der Waals surface area (Å²) in [5, 5.41) is 2.63. The van der Waals surface area contributed by atoms with Gasteiger partial charge in [0.2, 0.25) is 18.6 Å². The minimum Gasteiger partial charge on any atom is -0.454 e. The summed E-state index contributed by atoms with van der Waals surface area (Å²) in [5.74, 6) is 1.16. The molecular formula is C21H23BrN2O4. The van der Waals surface area contributed by atoms with Gasteiger partial charge in [0.05, 0.1) is 0 Å². The second-order valence-electron chi connectivity index (χ2n) is 6.63. The largest absolute Gasteiger partial charge is 0.454 e. The van der Waals surface area contributed by atoms with Crippen LogP contribution < -0.4 is 14.8 Å². The van der Waals surface area contributed by atoms with Crippen LogP contribution in [-0.2, 0) is 22.6 Å². The molecule has 1 aliphatic rings. The summed E-state index contributed by atoms with van der Waals surface area (Å²) in [4.78, 5) is 26.8. The van der Waals surface area contributed by atoms with Gasteiger partial charge in [-0.1, -0.05) is 34.1 Å². The molecule has 0 spiro atoms. The van der Waals surface area contributed by atoms with E-state index in [0.29, 0.717) is 25.1 Å². The van der Waals surface area contributed by atoms with Gasteiger partial charge in [0.15, 0.2) is 11.5 Å². The standard InChI is InChI=1S/C21H23BrN2O4/c1-14(21(26)23-2)24(12-16-4-3-5-17(22)10-16)20(25)9-7-15-6-8-18-19(11-15)28-13-27-18/h3-6,8,10-11,14H,7,9,12-13H2,1-2H3,(H,23,26). The van der Waals surface area contributed by atoms with Gasteiger partial charge in [0, 0.05) is 24.5 Å². The molecule has 0 aliphatic carbocycles. The predicted molar refractivity (Wildman–Crippen MR) is 109 cm³/mol. The minimum absolute atomic E-state index is 0.0752. The molecule has 0 fully saturated rings. The highest BCUT2D eigenvalue weighted by atomic mass is 79.9. The molecule has 6 nitrogen and oxygen atoms in total. The van der Waals surface area contributed by atoms with E-state index in [2.05, 4.69) is 21.2 Å². The van der Waals surface area contributed by atoms with E-state index < -0.39 is 6.04 Å². The van der Waals surface area contributed by atoms with Gasteiger partial charge in [-0.3, -0.25) is 9.59 Å². The maximum Gasteiger partial charge on any atom is 0.242 e. The lowest BCUT2D eigenvalue weighted by Crippen LogP contribution is -2.46. The molecule has 1 unspecified atom stereocenters. The van der Waals surface area contributed by atoms with Crippen molar-refractivity contribution >= 4 is 27.7 Å². The lowest BCUT2D eigenvalue weighted by molar-refractivity contribution is -0.140. The van der Waals surface area contributed by atoms with Crippen LogP contribution in [0.3, 0.4) is 0 Å². The zero-order valence-electron chi connectivity index (χ0n) is 15.9. The van der Waals surface area contributed by atoms with E-state index >= 15 is 0 Å². The van der Waals surface area contributed by atoms with E-state index in [9.17, 15) is 9.59 Å². The van der Waals surface area contributed by atoms with Gasteiger partial charge in [-0.15, -0.1) is 0 Å². The predicted octanol–water partition coefficient (Wildman–Crippen LogP) is 3.27. The first kappa shape index (κ1) is 20.2. The molecule has 0 radical (unpaired) electrons. The molecule has 2 amide bonds. The number of aryl methyl sites for hydroxylation is 1. The molecule has 3 rings (SSSR count). The number of nitrogens with one attached hydrogen (secondary N) is 1. The number of likely N-dealkylation sites (N-methyl/N-ethyl adjacent to an activating group) is 1. The van der Waals surface area contributed by atoms with Crippen LogP contribution in [0.15, 0.2) is 46.9 Å². The summed E-state index contributed by atoms with van der Waals surface area (Å²) in [6, 6.07) is 12.9. The average Bonchev–Trinajstić information content (AvgIpc) is 3.17. The molecular weight excluding hydrogens is 424 g/mol. The van der Waals surface area contributed by atoms with Crippen molar-refractivity contribution < 1.29 is 19.1 Å². The molecule has 0 bridgehead atoms. The number of nitrogens with zero attached hydrogens (tertiary/aromatic N) is 1. The quantitative estimate of drug-likeness (QED) is 0.708. The SMILES string of the molecule is CNC(=O)C(C)N(Cc1cccc(Br)c1)C(=O)CCc1ccc2c(c1)OCO2. The highest BCUT2D eigenvalue weighted by Gasteiger charge is 2.25. The maximum atomic E-state index is 13.0. The fourth-order valence-corrected chi connectivity index (χ4v) is 3.56. The van der Waals surface area contributed by atoms with Crippen molar-refractivity contribution in [3.8, 4) is 11.5 Å². The molecule has 1 atom stereocenters. The Bertz CT molecular complexity index is 871. The number of hydrogen-bond donors (Lipinski definition) is 1. The van der Waals surface area contributed by atoms with E-state index in [-0.39, 0.29) is 18.6 Å². The molecule has 0 aromatic heterocycles.